The highest BCUT2D eigenvalue weighted by atomic mass is 15.3. The maximum absolute atomic E-state index is 4.14. The first-order valence-corrected chi connectivity index (χ1v) is 4.91. The molecule has 2 heterocycles. The number of rotatable bonds is 1. The predicted octanol–water partition coefficient (Wildman–Crippen LogP) is 1.73. The first kappa shape index (κ1) is 9.89. The van der Waals surface area contributed by atoms with E-state index in [1.165, 1.54) is 0 Å². The summed E-state index contributed by atoms with van der Waals surface area (Å²) in [6.45, 7) is 8.34. The predicted molar refractivity (Wildman–Crippen MR) is 57.3 cm³/mol. The van der Waals surface area contributed by atoms with Crippen molar-refractivity contribution in [3.63, 3.8) is 0 Å². The molecule has 0 atom stereocenters. The summed E-state index contributed by atoms with van der Waals surface area (Å²) >= 11 is 0. The third kappa shape index (κ3) is 1.65. The normalized spacial score (nSPS) is 12.0. The van der Waals surface area contributed by atoms with E-state index in [9.17, 15) is 0 Å². The van der Waals surface area contributed by atoms with Crippen LogP contribution >= 0.6 is 0 Å². The van der Waals surface area contributed by atoms with Crippen LogP contribution in [0.5, 0.6) is 0 Å². The smallest absolute Gasteiger partial charge is 0.167 e. The summed E-state index contributed by atoms with van der Waals surface area (Å²) in [7, 11) is 0. The average Bonchev–Trinajstić information content (AvgIpc) is 2.69. The lowest BCUT2D eigenvalue weighted by atomic mass is 10.1. The van der Waals surface area contributed by atoms with Gasteiger partial charge in [-0.2, -0.15) is 5.10 Å². The van der Waals surface area contributed by atoms with Crippen molar-refractivity contribution < 1.29 is 0 Å². The van der Waals surface area contributed by atoms with Crippen molar-refractivity contribution in [1.29, 1.82) is 0 Å². The fourth-order valence-corrected chi connectivity index (χ4v) is 1.49. The van der Waals surface area contributed by atoms with Gasteiger partial charge in [0.2, 0.25) is 0 Å². The molecule has 80 valence electrons. The molecule has 0 amide bonds. The topological polar surface area (TPSA) is 59.4 Å². The Balaban J connectivity index is 2.56. The Bertz CT molecular complexity index is 460. The highest BCUT2D eigenvalue weighted by molar-refractivity contribution is 5.56. The molecule has 0 aliphatic rings. The van der Waals surface area contributed by atoms with Gasteiger partial charge in [0.25, 0.3) is 0 Å². The maximum Gasteiger partial charge on any atom is 0.167 e. The van der Waals surface area contributed by atoms with Gasteiger partial charge in [0.1, 0.15) is 6.33 Å². The number of aryl methyl sites for hydroxylation is 1. The molecule has 2 aromatic rings. The molecule has 2 rings (SSSR count). The van der Waals surface area contributed by atoms with E-state index < -0.39 is 0 Å². The minimum atomic E-state index is -0.0253. The Hall–Kier alpha value is -1.65. The zero-order chi connectivity index (χ0) is 11.1. The molecule has 0 aromatic carbocycles. The van der Waals surface area contributed by atoms with Crippen molar-refractivity contribution >= 4 is 0 Å². The van der Waals surface area contributed by atoms with Gasteiger partial charge in [0.05, 0.1) is 11.8 Å². The van der Waals surface area contributed by atoms with Crippen molar-refractivity contribution in [3.05, 3.63) is 18.2 Å². The van der Waals surface area contributed by atoms with Crippen LogP contribution in [0.15, 0.2) is 12.5 Å². The number of hydrogen-bond donors (Lipinski definition) is 1. The Labute approximate surface area is 88.5 Å². The van der Waals surface area contributed by atoms with Crippen molar-refractivity contribution in [3.8, 4) is 11.4 Å². The van der Waals surface area contributed by atoms with Gasteiger partial charge in [-0.25, -0.2) is 0 Å². The summed E-state index contributed by atoms with van der Waals surface area (Å²) < 4.78 is 2.05. The Morgan fingerprint density at radius 1 is 1.33 bits per heavy atom. The summed E-state index contributed by atoms with van der Waals surface area (Å²) in [5.41, 5.74) is 1.98. The molecule has 0 aliphatic carbocycles. The second kappa shape index (κ2) is 3.18. The Kier molecular flexibility index (Phi) is 2.10. The largest absolute Gasteiger partial charge is 0.308 e. The van der Waals surface area contributed by atoms with Crippen LogP contribution in [-0.2, 0) is 5.54 Å². The molecule has 5 nitrogen and oxygen atoms in total. The molecule has 0 unspecified atom stereocenters. The lowest BCUT2D eigenvalue weighted by Crippen LogP contribution is -2.21. The van der Waals surface area contributed by atoms with Crippen LogP contribution < -0.4 is 0 Å². The van der Waals surface area contributed by atoms with Crippen LogP contribution in [0.3, 0.4) is 0 Å². The molecule has 1 N–H and O–H groups in total. The number of aromatic amines is 1. The van der Waals surface area contributed by atoms with Gasteiger partial charge in [-0.15, -0.1) is 10.2 Å². The van der Waals surface area contributed by atoms with Gasteiger partial charge in [0, 0.05) is 11.2 Å². The highest BCUT2D eigenvalue weighted by Crippen LogP contribution is 2.24. The standard InChI is InChI=1S/C10H15N5/c1-7-8(5-11-13-7)9-14-12-6-15(9)10(2,3)4/h5-6H,1-4H3,(H,11,13). The van der Waals surface area contributed by atoms with Gasteiger partial charge < -0.3 is 4.57 Å². The lowest BCUT2D eigenvalue weighted by Gasteiger charge is -2.21. The van der Waals surface area contributed by atoms with Gasteiger partial charge in [-0.3, -0.25) is 5.10 Å². The second-order valence-electron chi connectivity index (χ2n) is 4.60. The van der Waals surface area contributed by atoms with E-state index in [4.69, 9.17) is 0 Å². The molecular formula is C10H15N5. The SMILES string of the molecule is Cc1[nH]ncc1-c1nncn1C(C)(C)C. The number of nitrogens with one attached hydrogen (secondary N) is 1. The number of hydrogen-bond acceptors (Lipinski definition) is 3. The monoisotopic (exact) mass is 205 g/mol. The van der Waals surface area contributed by atoms with Crippen molar-refractivity contribution in [2.45, 2.75) is 33.2 Å². The van der Waals surface area contributed by atoms with Crippen LogP contribution in [0.4, 0.5) is 0 Å². The van der Waals surface area contributed by atoms with E-state index in [1.807, 2.05) is 11.5 Å². The quantitative estimate of drug-likeness (QED) is 0.771. The number of aromatic nitrogens is 5. The molecule has 15 heavy (non-hydrogen) atoms. The maximum atomic E-state index is 4.14. The lowest BCUT2D eigenvalue weighted by molar-refractivity contribution is 0.399. The molecular weight excluding hydrogens is 190 g/mol. The zero-order valence-electron chi connectivity index (χ0n) is 9.44. The first-order chi connectivity index (χ1) is 7.00. The molecule has 0 saturated heterocycles. The molecule has 2 aromatic heterocycles. The Morgan fingerprint density at radius 2 is 2.07 bits per heavy atom. The van der Waals surface area contributed by atoms with Crippen LogP contribution in [0.1, 0.15) is 26.5 Å². The zero-order valence-corrected chi connectivity index (χ0v) is 9.44. The summed E-state index contributed by atoms with van der Waals surface area (Å²) in [5, 5.41) is 15.0. The van der Waals surface area contributed by atoms with E-state index in [-0.39, 0.29) is 5.54 Å². The fraction of sp³-hybridized carbons (Fsp3) is 0.500. The summed E-state index contributed by atoms with van der Waals surface area (Å²) in [6.07, 6.45) is 3.53. The highest BCUT2D eigenvalue weighted by Gasteiger charge is 2.20. The van der Waals surface area contributed by atoms with Crippen molar-refractivity contribution in [2.75, 3.05) is 0 Å². The third-order valence-electron chi connectivity index (χ3n) is 2.34. The van der Waals surface area contributed by atoms with Gasteiger partial charge in [-0.1, -0.05) is 0 Å². The molecule has 5 heteroatoms. The minimum Gasteiger partial charge on any atom is -0.308 e. The third-order valence-corrected chi connectivity index (χ3v) is 2.34. The molecule has 0 saturated carbocycles. The van der Waals surface area contributed by atoms with Gasteiger partial charge >= 0.3 is 0 Å². The van der Waals surface area contributed by atoms with Crippen LogP contribution in [0.2, 0.25) is 0 Å². The number of nitrogens with zero attached hydrogens (tertiary/aromatic N) is 4. The molecule has 0 fully saturated rings. The van der Waals surface area contributed by atoms with E-state index in [0.717, 1.165) is 17.1 Å². The van der Waals surface area contributed by atoms with Crippen LogP contribution in [-0.4, -0.2) is 25.0 Å². The van der Waals surface area contributed by atoms with Crippen LogP contribution in [0, 0.1) is 6.92 Å². The van der Waals surface area contributed by atoms with Crippen molar-refractivity contribution in [2.24, 2.45) is 0 Å². The van der Waals surface area contributed by atoms with Crippen molar-refractivity contribution in [1.82, 2.24) is 25.0 Å². The van der Waals surface area contributed by atoms with Crippen LogP contribution in [0.25, 0.3) is 11.4 Å². The molecule has 0 radical (unpaired) electrons. The van der Waals surface area contributed by atoms with E-state index in [0.29, 0.717) is 0 Å². The van der Waals surface area contributed by atoms with Gasteiger partial charge in [-0.05, 0) is 27.7 Å². The molecule has 0 aliphatic heterocycles. The first-order valence-electron chi connectivity index (χ1n) is 4.91. The van der Waals surface area contributed by atoms with E-state index >= 15 is 0 Å². The summed E-state index contributed by atoms with van der Waals surface area (Å²) in [6, 6.07) is 0. The molecule has 0 spiro atoms. The number of H-pyrrole nitrogens is 1. The molecule has 0 bridgehead atoms. The van der Waals surface area contributed by atoms with E-state index in [1.54, 1.807) is 12.5 Å². The fourth-order valence-electron chi connectivity index (χ4n) is 1.49. The summed E-state index contributed by atoms with van der Waals surface area (Å²) in [4.78, 5) is 0. The van der Waals surface area contributed by atoms with Gasteiger partial charge in [0.15, 0.2) is 5.82 Å². The second-order valence-corrected chi connectivity index (χ2v) is 4.60. The summed E-state index contributed by atoms with van der Waals surface area (Å²) in [5.74, 6) is 0.855. The average molecular weight is 205 g/mol. The van der Waals surface area contributed by atoms with E-state index in [2.05, 4.69) is 41.2 Å². The Morgan fingerprint density at radius 3 is 2.60 bits per heavy atom. The minimum absolute atomic E-state index is 0.0253.